The summed E-state index contributed by atoms with van der Waals surface area (Å²) >= 11 is 0. The van der Waals surface area contributed by atoms with Crippen molar-refractivity contribution < 1.29 is 14.3 Å². The average Bonchev–Trinajstić information content (AvgIpc) is 3.23. The third-order valence-electron chi connectivity index (χ3n) is 3.76. The highest BCUT2D eigenvalue weighted by Gasteiger charge is 2.27. The van der Waals surface area contributed by atoms with Gasteiger partial charge in [0.15, 0.2) is 6.10 Å². The van der Waals surface area contributed by atoms with E-state index in [1.165, 1.54) is 13.0 Å². The molecule has 0 unspecified atom stereocenters. The Morgan fingerprint density at radius 3 is 2.64 bits per heavy atom. The van der Waals surface area contributed by atoms with Gasteiger partial charge < -0.3 is 15.0 Å². The number of aromatic nitrogens is 1. The minimum Gasteiger partial charge on any atom is -0.448 e. The molecule has 1 amide bonds. The summed E-state index contributed by atoms with van der Waals surface area (Å²) in [4.78, 5) is 22.8. The molecule has 0 radical (unpaired) electrons. The van der Waals surface area contributed by atoms with E-state index in [4.69, 9.17) is 15.7 Å². The molecule has 6 heteroatoms. The maximum Gasteiger partial charge on any atom is 0.349 e. The van der Waals surface area contributed by atoms with Crippen LogP contribution in [0.5, 0.6) is 0 Å². The number of esters is 1. The maximum absolute atomic E-state index is 11.9. The van der Waals surface area contributed by atoms with Gasteiger partial charge in [0, 0.05) is 17.4 Å². The molecule has 0 saturated heterocycles. The molecule has 2 rings (SSSR count). The molecule has 1 saturated carbocycles. The topological polar surface area (TPSA) is 98.1 Å². The first kappa shape index (κ1) is 15.8. The number of nitrogens with zero attached hydrogens (tertiary/aromatic N) is 2. The van der Waals surface area contributed by atoms with Crippen LogP contribution in [0.3, 0.4) is 0 Å². The fourth-order valence-electron chi connectivity index (χ4n) is 2.42. The van der Waals surface area contributed by atoms with Crippen LogP contribution in [0.4, 0.5) is 0 Å². The van der Waals surface area contributed by atoms with Gasteiger partial charge in [-0.3, -0.25) is 4.79 Å². The molecule has 0 bridgehead atoms. The Bertz CT molecular complexity index is 690. The van der Waals surface area contributed by atoms with Crippen LogP contribution in [-0.4, -0.2) is 22.5 Å². The molecule has 0 spiro atoms. The van der Waals surface area contributed by atoms with Gasteiger partial charge in [0.1, 0.15) is 11.6 Å². The van der Waals surface area contributed by atoms with E-state index in [0.717, 1.165) is 29.8 Å². The number of ether oxygens (including phenoxy) is 1. The van der Waals surface area contributed by atoms with E-state index in [1.54, 1.807) is 0 Å². The van der Waals surface area contributed by atoms with Crippen molar-refractivity contribution in [2.24, 2.45) is 5.73 Å². The van der Waals surface area contributed by atoms with Crippen LogP contribution in [0.15, 0.2) is 11.6 Å². The number of primary amides is 1. The second kappa shape index (κ2) is 6.06. The zero-order valence-electron chi connectivity index (χ0n) is 12.9. The molecule has 1 atom stereocenters. The number of rotatable bonds is 5. The highest BCUT2D eigenvalue weighted by molar-refractivity contribution is 5.99. The third kappa shape index (κ3) is 3.19. The monoisotopic (exact) mass is 301 g/mol. The van der Waals surface area contributed by atoms with Crippen molar-refractivity contribution in [1.29, 1.82) is 5.26 Å². The normalized spacial score (nSPS) is 16.0. The van der Waals surface area contributed by atoms with Crippen molar-refractivity contribution in [3.05, 3.63) is 28.6 Å². The number of aryl methyl sites for hydroxylation is 1. The molecule has 1 aliphatic carbocycles. The largest absolute Gasteiger partial charge is 0.448 e. The summed E-state index contributed by atoms with van der Waals surface area (Å²) in [5.74, 6) is -1.59. The molecule has 1 aliphatic rings. The van der Waals surface area contributed by atoms with Crippen molar-refractivity contribution in [2.45, 2.75) is 45.8 Å². The maximum atomic E-state index is 11.9. The number of nitriles is 1. The second-order valence-corrected chi connectivity index (χ2v) is 5.55. The fourth-order valence-corrected chi connectivity index (χ4v) is 2.42. The summed E-state index contributed by atoms with van der Waals surface area (Å²) < 4.78 is 7.08. The number of hydrogen-bond acceptors (Lipinski definition) is 4. The lowest BCUT2D eigenvalue weighted by molar-refractivity contribution is -0.149. The van der Waals surface area contributed by atoms with Crippen molar-refractivity contribution in [3.63, 3.8) is 0 Å². The average molecular weight is 301 g/mol. The first-order valence-corrected chi connectivity index (χ1v) is 7.15. The van der Waals surface area contributed by atoms with E-state index in [0.29, 0.717) is 6.04 Å². The first-order chi connectivity index (χ1) is 10.3. The highest BCUT2D eigenvalue weighted by Crippen LogP contribution is 2.38. The van der Waals surface area contributed by atoms with Crippen molar-refractivity contribution in [1.82, 2.24) is 4.57 Å². The Labute approximate surface area is 129 Å². The quantitative estimate of drug-likeness (QED) is 0.509. The Kier molecular flexibility index (Phi) is 4.36. The van der Waals surface area contributed by atoms with Crippen LogP contribution in [-0.2, 0) is 14.3 Å². The third-order valence-corrected chi connectivity index (χ3v) is 3.76. The van der Waals surface area contributed by atoms with Crippen LogP contribution in [0.2, 0.25) is 0 Å². The minimum atomic E-state index is -1.07. The van der Waals surface area contributed by atoms with Gasteiger partial charge in [-0.2, -0.15) is 5.26 Å². The molecule has 0 aromatic carbocycles. The first-order valence-electron chi connectivity index (χ1n) is 7.15. The SMILES string of the molecule is Cc1cc(/C=C(\C#N)C(=O)O[C@@H](C)C(N)=O)c(C)n1C1CC1. The van der Waals surface area contributed by atoms with Gasteiger partial charge >= 0.3 is 5.97 Å². The summed E-state index contributed by atoms with van der Waals surface area (Å²) in [5, 5.41) is 9.16. The summed E-state index contributed by atoms with van der Waals surface area (Å²) in [6, 6.07) is 4.28. The number of hydrogen-bond donors (Lipinski definition) is 1. The van der Waals surface area contributed by atoms with E-state index < -0.39 is 18.0 Å². The summed E-state index contributed by atoms with van der Waals surface area (Å²) in [7, 11) is 0. The molecule has 1 heterocycles. The lowest BCUT2D eigenvalue weighted by Crippen LogP contribution is -2.30. The Morgan fingerprint density at radius 1 is 1.50 bits per heavy atom. The molecule has 1 fully saturated rings. The van der Waals surface area contributed by atoms with Gasteiger partial charge in [0.25, 0.3) is 5.91 Å². The second-order valence-electron chi connectivity index (χ2n) is 5.55. The van der Waals surface area contributed by atoms with E-state index in [1.807, 2.05) is 26.0 Å². The van der Waals surface area contributed by atoms with Gasteiger partial charge in [0.05, 0.1) is 0 Å². The Balaban J connectivity index is 2.26. The molecule has 1 aromatic heterocycles. The minimum absolute atomic E-state index is 0.149. The predicted molar refractivity (Wildman–Crippen MR) is 80.5 cm³/mol. The molecule has 2 N–H and O–H groups in total. The van der Waals surface area contributed by atoms with E-state index in [-0.39, 0.29) is 5.57 Å². The number of nitrogens with two attached hydrogens (primary N) is 1. The lowest BCUT2D eigenvalue weighted by Gasteiger charge is -2.09. The molecule has 6 nitrogen and oxygen atoms in total. The number of carbonyl (C=O) groups is 2. The van der Waals surface area contributed by atoms with Crippen LogP contribution < -0.4 is 5.73 Å². The molecule has 116 valence electrons. The smallest absolute Gasteiger partial charge is 0.349 e. The molecular formula is C16H19N3O3. The zero-order chi connectivity index (χ0) is 16.4. The molecule has 1 aromatic rings. The van der Waals surface area contributed by atoms with Gasteiger partial charge in [-0.05, 0) is 51.3 Å². The molecule has 0 aliphatic heterocycles. The fraction of sp³-hybridized carbons (Fsp3) is 0.438. The van der Waals surface area contributed by atoms with Gasteiger partial charge in [-0.25, -0.2) is 4.79 Å². The Morgan fingerprint density at radius 2 is 2.14 bits per heavy atom. The van der Waals surface area contributed by atoms with Crippen molar-refractivity contribution >= 4 is 18.0 Å². The summed E-state index contributed by atoms with van der Waals surface area (Å²) in [6.45, 7) is 5.33. The van der Waals surface area contributed by atoms with Gasteiger partial charge in [0.2, 0.25) is 0 Å². The Hall–Kier alpha value is -2.55. The van der Waals surface area contributed by atoms with Gasteiger partial charge in [-0.1, -0.05) is 0 Å². The number of amides is 1. The van der Waals surface area contributed by atoms with Crippen LogP contribution in [0.1, 0.15) is 42.8 Å². The van der Waals surface area contributed by atoms with E-state index in [2.05, 4.69) is 4.57 Å². The van der Waals surface area contributed by atoms with Gasteiger partial charge in [-0.15, -0.1) is 0 Å². The standard InChI is InChI=1S/C16H19N3O3/c1-9-6-12(10(2)19(9)14-4-5-14)7-13(8-17)16(21)22-11(3)15(18)20/h6-7,11,14H,4-5H2,1-3H3,(H2,18,20)/b13-7+/t11-/m0/s1. The van der Waals surface area contributed by atoms with Crippen molar-refractivity contribution in [2.75, 3.05) is 0 Å². The predicted octanol–water partition coefficient (Wildman–Crippen LogP) is 1.76. The van der Waals surface area contributed by atoms with Crippen LogP contribution in [0.25, 0.3) is 6.08 Å². The van der Waals surface area contributed by atoms with Crippen molar-refractivity contribution in [3.8, 4) is 6.07 Å². The summed E-state index contributed by atoms with van der Waals surface area (Å²) in [5.41, 5.74) is 7.82. The summed E-state index contributed by atoms with van der Waals surface area (Å²) in [6.07, 6.45) is 2.74. The lowest BCUT2D eigenvalue weighted by atomic mass is 10.1. The zero-order valence-corrected chi connectivity index (χ0v) is 12.9. The molecular weight excluding hydrogens is 282 g/mol. The highest BCUT2D eigenvalue weighted by atomic mass is 16.5. The van der Waals surface area contributed by atoms with E-state index in [9.17, 15) is 9.59 Å². The van der Waals surface area contributed by atoms with Crippen LogP contribution >= 0.6 is 0 Å². The number of carbonyl (C=O) groups excluding carboxylic acids is 2. The van der Waals surface area contributed by atoms with Crippen LogP contribution in [0, 0.1) is 25.2 Å². The molecule has 22 heavy (non-hydrogen) atoms. The van der Waals surface area contributed by atoms with E-state index >= 15 is 0 Å².